The molecule has 1 aliphatic rings. The molecular formula is C11H20N4O2. The van der Waals surface area contributed by atoms with Crippen LogP contribution in [0.4, 0.5) is 0 Å². The van der Waals surface area contributed by atoms with Crippen molar-refractivity contribution >= 4 is 0 Å². The number of rotatable bonds is 6. The average Bonchev–Trinajstić information content (AvgIpc) is 2.79. The van der Waals surface area contributed by atoms with Gasteiger partial charge in [0.05, 0.1) is 6.54 Å². The molecule has 1 aromatic rings. The van der Waals surface area contributed by atoms with Crippen molar-refractivity contribution < 1.29 is 9.26 Å². The lowest BCUT2D eigenvalue weighted by Crippen LogP contribution is -2.42. The number of ether oxygens (including phenoxy) is 1. The molecule has 1 saturated heterocycles. The highest BCUT2D eigenvalue weighted by atomic mass is 16.5. The molecule has 1 aromatic heterocycles. The second-order valence-electron chi connectivity index (χ2n) is 4.23. The summed E-state index contributed by atoms with van der Waals surface area (Å²) < 4.78 is 10.2. The predicted octanol–water partition coefficient (Wildman–Crippen LogP) is 0.0538. The van der Waals surface area contributed by atoms with Crippen LogP contribution in [-0.4, -0.2) is 54.9 Å². The Bertz CT molecular complexity index is 323. The minimum absolute atomic E-state index is 0.722. The fourth-order valence-electron chi connectivity index (χ4n) is 1.89. The van der Waals surface area contributed by atoms with Crippen molar-refractivity contribution in [2.45, 2.75) is 19.4 Å². The van der Waals surface area contributed by atoms with Crippen molar-refractivity contribution in [1.82, 2.24) is 20.4 Å². The highest BCUT2D eigenvalue weighted by Gasteiger charge is 2.14. The Labute approximate surface area is 101 Å². The van der Waals surface area contributed by atoms with Crippen molar-refractivity contribution in [2.24, 2.45) is 0 Å². The van der Waals surface area contributed by atoms with Crippen molar-refractivity contribution in [3.05, 3.63) is 11.7 Å². The second kappa shape index (κ2) is 6.68. The normalized spacial score (nSPS) is 17.5. The first-order valence-electron chi connectivity index (χ1n) is 6.12. The standard InChI is InChI=1S/C11H20N4O2/c1-16-8-2-3-10-13-11(17-14-10)9-15-6-4-12-5-7-15/h12H,2-9H2,1H3. The summed E-state index contributed by atoms with van der Waals surface area (Å²) in [6.45, 7) is 5.66. The molecule has 0 saturated carbocycles. The van der Waals surface area contributed by atoms with Crippen LogP contribution in [0.5, 0.6) is 0 Å². The summed E-state index contributed by atoms with van der Waals surface area (Å²) >= 11 is 0. The molecule has 0 bridgehead atoms. The van der Waals surface area contributed by atoms with Gasteiger partial charge in [0.1, 0.15) is 0 Å². The van der Waals surface area contributed by atoms with Crippen LogP contribution in [0.25, 0.3) is 0 Å². The van der Waals surface area contributed by atoms with E-state index in [0.29, 0.717) is 0 Å². The number of methoxy groups -OCH3 is 1. The molecule has 0 radical (unpaired) electrons. The van der Waals surface area contributed by atoms with Gasteiger partial charge in [0.15, 0.2) is 5.82 Å². The molecule has 0 aromatic carbocycles. The SMILES string of the molecule is COCCCc1noc(CN2CCNCC2)n1. The lowest BCUT2D eigenvalue weighted by Gasteiger charge is -2.25. The van der Waals surface area contributed by atoms with Crippen LogP contribution in [-0.2, 0) is 17.7 Å². The molecule has 0 atom stereocenters. The third kappa shape index (κ3) is 4.07. The summed E-state index contributed by atoms with van der Waals surface area (Å²) in [6, 6.07) is 0. The maximum atomic E-state index is 5.23. The van der Waals surface area contributed by atoms with Crippen LogP contribution in [0.15, 0.2) is 4.52 Å². The molecule has 6 nitrogen and oxygen atoms in total. The number of piperazine rings is 1. The van der Waals surface area contributed by atoms with Gasteiger partial charge >= 0.3 is 0 Å². The van der Waals surface area contributed by atoms with E-state index in [1.165, 1.54) is 0 Å². The van der Waals surface area contributed by atoms with E-state index in [0.717, 1.165) is 63.9 Å². The number of aryl methyl sites for hydroxylation is 1. The molecule has 6 heteroatoms. The average molecular weight is 240 g/mol. The summed E-state index contributed by atoms with van der Waals surface area (Å²) in [5.41, 5.74) is 0. The van der Waals surface area contributed by atoms with Gasteiger partial charge in [0.2, 0.25) is 5.89 Å². The van der Waals surface area contributed by atoms with E-state index < -0.39 is 0 Å². The van der Waals surface area contributed by atoms with Crippen LogP contribution in [0.2, 0.25) is 0 Å². The van der Waals surface area contributed by atoms with Gasteiger partial charge in [0.25, 0.3) is 0 Å². The van der Waals surface area contributed by atoms with Crippen LogP contribution < -0.4 is 5.32 Å². The highest BCUT2D eigenvalue weighted by Crippen LogP contribution is 2.05. The van der Waals surface area contributed by atoms with Gasteiger partial charge in [-0.2, -0.15) is 4.98 Å². The van der Waals surface area contributed by atoms with E-state index in [9.17, 15) is 0 Å². The molecule has 1 N–H and O–H groups in total. The maximum absolute atomic E-state index is 5.23. The fourth-order valence-corrected chi connectivity index (χ4v) is 1.89. The molecule has 17 heavy (non-hydrogen) atoms. The number of nitrogens with one attached hydrogen (secondary N) is 1. The first kappa shape index (κ1) is 12.5. The zero-order chi connectivity index (χ0) is 11.9. The molecule has 2 rings (SSSR count). The van der Waals surface area contributed by atoms with Crippen LogP contribution in [0.1, 0.15) is 18.1 Å². The van der Waals surface area contributed by atoms with Gasteiger partial charge in [-0.15, -0.1) is 0 Å². The summed E-state index contributed by atoms with van der Waals surface area (Å²) in [4.78, 5) is 6.70. The first-order valence-corrected chi connectivity index (χ1v) is 6.12. The lowest BCUT2D eigenvalue weighted by atomic mass is 10.3. The largest absolute Gasteiger partial charge is 0.385 e. The summed E-state index contributed by atoms with van der Waals surface area (Å²) in [7, 11) is 1.70. The summed E-state index contributed by atoms with van der Waals surface area (Å²) in [6.07, 6.45) is 1.75. The minimum atomic E-state index is 0.722. The van der Waals surface area contributed by atoms with Crippen molar-refractivity contribution in [1.29, 1.82) is 0 Å². The zero-order valence-corrected chi connectivity index (χ0v) is 10.3. The third-order valence-electron chi connectivity index (χ3n) is 2.83. The Morgan fingerprint density at radius 1 is 1.41 bits per heavy atom. The van der Waals surface area contributed by atoms with Gasteiger partial charge in [-0.1, -0.05) is 5.16 Å². The highest BCUT2D eigenvalue weighted by molar-refractivity contribution is 4.87. The molecule has 0 aliphatic carbocycles. The van der Waals surface area contributed by atoms with Crippen molar-refractivity contribution in [3.8, 4) is 0 Å². The van der Waals surface area contributed by atoms with Crippen LogP contribution in [0, 0.1) is 0 Å². The molecule has 96 valence electrons. The topological polar surface area (TPSA) is 63.4 Å². The number of nitrogens with zero attached hydrogens (tertiary/aromatic N) is 3. The molecule has 1 aliphatic heterocycles. The predicted molar refractivity (Wildman–Crippen MR) is 62.6 cm³/mol. The molecule has 0 spiro atoms. The quantitative estimate of drug-likeness (QED) is 0.709. The second-order valence-corrected chi connectivity index (χ2v) is 4.23. The Hall–Kier alpha value is -0.980. The minimum Gasteiger partial charge on any atom is -0.385 e. The molecule has 0 unspecified atom stereocenters. The van der Waals surface area contributed by atoms with E-state index >= 15 is 0 Å². The van der Waals surface area contributed by atoms with Gasteiger partial charge in [0, 0.05) is 46.3 Å². The fraction of sp³-hybridized carbons (Fsp3) is 0.818. The number of aromatic nitrogens is 2. The van der Waals surface area contributed by atoms with Crippen LogP contribution in [0.3, 0.4) is 0 Å². The summed E-state index contributed by atoms with van der Waals surface area (Å²) in [5.74, 6) is 1.51. The van der Waals surface area contributed by atoms with Gasteiger partial charge in [-0.05, 0) is 6.42 Å². The smallest absolute Gasteiger partial charge is 0.240 e. The number of hydrogen-bond acceptors (Lipinski definition) is 6. The summed E-state index contributed by atoms with van der Waals surface area (Å²) in [5, 5.41) is 7.29. The van der Waals surface area contributed by atoms with Gasteiger partial charge in [-0.3, -0.25) is 4.90 Å². The van der Waals surface area contributed by atoms with E-state index in [2.05, 4.69) is 20.4 Å². The van der Waals surface area contributed by atoms with E-state index in [1.54, 1.807) is 7.11 Å². The molecule has 1 fully saturated rings. The van der Waals surface area contributed by atoms with Gasteiger partial charge < -0.3 is 14.6 Å². The third-order valence-corrected chi connectivity index (χ3v) is 2.83. The first-order chi connectivity index (χ1) is 8.38. The van der Waals surface area contributed by atoms with Crippen molar-refractivity contribution in [3.63, 3.8) is 0 Å². The molecule has 2 heterocycles. The zero-order valence-electron chi connectivity index (χ0n) is 10.3. The Morgan fingerprint density at radius 3 is 3.00 bits per heavy atom. The Morgan fingerprint density at radius 2 is 2.24 bits per heavy atom. The van der Waals surface area contributed by atoms with Gasteiger partial charge in [-0.25, -0.2) is 0 Å². The molecular weight excluding hydrogens is 220 g/mol. The van der Waals surface area contributed by atoms with E-state index in [1.807, 2.05) is 0 Å². The maximum Gasteiger partial charge on any atom is 0.240 e. The van der Waals surface area contributed by atoms with E-state index in [4.69, 9.17) is 9.26 Å². The van der Waals surface area contributed by atoms with Crippen LogP contribution >= 0.6 is 0 Å². The number of hydrogen-bond donors (Lipinski definition) is 1. The Balaban J connectivity index is 1.76. The van der Waals surface area contributed by atoms with Crippen molar-refractivity contribution in [2.75, 3.05) is 39.9 Å². The monoisotopic (exact) mass is 240 g/mol. The Kier molecular flexibility index (Phi) is 4.90. The molecule has 0 amide bonds. The van der Waals surface area contributed by atoms with E-state index in [-0.39, 0.29) is 0 Å². The lowest BCUT2D eigenvalue weighted by molar-refractivity contribution is 0.194.